The number of aromatic nitrogens is 1. The zero-order valence-electron chi connectivity index (χ0n) is 14.6. The van der Waals surface area contributed by atoms with E-state index >= 15 is 0 Å². The van der Waals surface area contributed by atoms with Crippen molar-refractivity contribution in [3.63, 3.8) is 0 Å². The Labute approximate surface area is 152 Å². The van der Waals surface area contributed by atoms with Crippen LogP contribution in [-0.2, 0) is 0 Å². The van der Waals surface area contributed by atoms with E-state index in [1.54, 1.807) is 4.90 Å². The van der Waals surface area contributed by atoms with Gasteiger partial charge in [-0.1, -0.05) is 18.2 Å². The summed E-state index contributed by atoms with van der Waals surface area (Å²) in [7, 11) is 0. The van der Waals surface area contributed by atoms with E-state index in [0.717, 1.165) is 22.1 Å². The average Bonchev–Trinajstić information content (AvgIpc) is 3.04. The zero-order chi connectivity index (χ0) is 17.8. The Morgan fingerprint density at radius 2 is 1.68 bits per heavy atom. The van der Waals surface area contributed by atoms with Crippen LogP contribution in [0, 0.1) is 6.92 Å². The maximum Gasteiger partial charge on any atom is 0.277 e. The highest BCUT2D eigenvalue weighted by Crippen LogP contribution is 2.24. The number of aryl methyl sites for hydroxylation is 1. The lowest BCUT2D eigenvalue weighted by molar-refractivity contribution is 0.0976. The van der Waals surface area contributed by atoms with E-state index in [4.69, 9.17) is 0 Å². The summed E-state index contributed by atoms with van der Waals surface area (Å²) >= 11 is 1.49. The molecule has 3 aromatic rings. The quantitative estimate of drug-likeness (QED) is 0.683. The van der Waals surface area contributed by atoms with E-state index in [9.17, 15) is 4.79 Å². The van der Waals surface area contributed by atoms with Gasteiger partial charge >= 0.3 is 0 Å². The second-order valence-corrected chi connectivity index (χ2v) is 7.12. The van der Waals surface area contributed by atoms with Crippen molar-refractivity contribution in [2.24, 2.45) is 0 Å². The van der Waals surface area contributed by atoms with Crippen molar-refractivity contribution < 1.29 is 4.79 Å². The molecule has 5 heteroatoms. The fourth-order valence-corrected chi connectivity index (χ4v) is 3.22. The van der Waals surface area contributed by atoms with E-state index in [2.05, 4.69) is 10.3 Å². The van der Waals surface area contributed by atoms with Gasteiger partial charge in [0.05, 0.1) is 5.01 Å². The summed E-state index contributed by atoms with van der Waals surface area (Å²) in [5.41, 5.74) is 3.38. The Bertz CT molecular complexity index is 841. The first-order chi connectivity index (χ1) is 12.0. The summed E-state index contributed by atoms with van der Waals surface area (Å²) in [5, 5.41) is 6.06. The van der Waals surface area contributed by atoms with Crippen molar-refractivity contribution in [2.75, 3.05) is 10.2 Å². The van der Waals surface area contributed by atoms with Gasteiger partial charge in [-0.05, 0) is 57.2 Å². The van der Waals surface area contributed by atoms with Crippen molar-refractivity contribution in [3.05, 3.63) is 70.7 Å². The molecule has 0 aliphatic carbocycles. The van der Waals surface area contributed by atoms with E-state index in [-0.39, 0.29) is 11.9 Å². The van der Waals surface area contributed by atoms with E-state index < -0.39 is 0 Å². The Kier molecular flexibility index (Phi) is 5.14. The lowest BCUT2D eigenvalue weighted by Gasteiger charge is -2.26. The summed E-state index contributed by atoms with van der Waals surface area (Å²) in [6.07, 6.45) is 0. The van der Waals surface area contributed by atoms with Crippen LogP contribution in [0.1, 0.15) is 29.3 Å². The predicted octanol–water partition coefficient (Wildman–Crippen LogP) is 5.25. The van der Waals surface area contributed by atoms with Crippen LogP contribution in [0.25, 0.3) is 0 Å². The molecule has 3 rings (SSSR count). The van der Waals surface area contributed by atoms with Crippen LogP contribution in [0.4, 0.5) is 17.1 Å². The molecule has 1 heterocycles. The van der Waals surface area contributed by atoms with Crippen molar-refractivity contribution in [1.82, 2.24) is 4.98 Å². The molecule has 25 heavy (non-hydrogen) atoms. The molecule has 0 fully saturated rings. The number of anilines is 3. The molecule has 1 aromatic heterocycles. The van der Waals surface area contributed by atoms with E-state index in [0.29, 0.717) is 5.69 Å². The summed E-state index contributed by atoms with van der Waals surface area (Å²) < 4.78 is 0. The fraction of sp³-hybridized carbons (Fsp3) is 0.200. The third-order valence-corrected chi connectivity index (χ3v) is 4.55. The second-order valence-electron chi connectivity index (χ2n) is 6.06. The highest BCUT2D eigenvalue weighted by atomic mass is 32.1. The van der Waals surface area contributed by atoms with Crippen molar-refractivity contribution in [3.8, 4) is 0 Å². The normalized spacial score (nSPS) is 10.7. The van der Waals surface area contributed by atoms with Crippen LogP contribution in [0.5, 0.6) is 0 Å². The summed E-state index contributed by atoms with van der Waals surface area (Å²) in [5.74, 6) is -0.0666. The van der Waals surface area contributed by atoms with Crippen LogP contribution in [-0.4, -0.2) is 16.9 Å². The molecule has 0 saturated heterocycles. The van der Waals surface area contributed by atoms with Crippen molar-refractivity contribution in [1.29, 1.82) is 0 Å². The van der Waals surface area contributed by atoms with Gasteiger partial charge in [0, 0.05) is 28.5 Å². The number of nitrogens with one attached hydrogen (secondary N) is 1. The monoisotopic (exact) mass is 351 g/mol. The molecule has 0 unspecified atom stereocenters. The number of nitrogens with zero attached hydrogens (tertiary/aromatic N) is 2. The number of amides is 1. The van der Waals surface area contributed by atoms with Crippen LogP contribution in [0.3, 0.4) is 0 Å². The van der Waals surface area contributed by atoms with Gasteiger partial charge in [-0.15, -0.1) is 11.3 Å². The minimum Gasteiger partial charge on any atom is -0.356 e. The molecule has 2 aromatic carbocycles. The standard InChI is InChI=1S/C20H21N3OS/c1-14(2)23(20(24)19-13-25-15(3)21-19)18-11-9-17(10-12-18)22-16-7-5-4-6-8-16/h4-14,22H,1-3H3. The van der Waals surface area contributed by atoms with Gasteiger partial charge < -0.3 is 10.2 Å². The number of para-hydroxylation sites is 1. The largest absolute Gasteiger partial charge is 0.356 e. The molecule has 1 amide bonds. The molecule has 1 N–H and O–H groups in total. The predicted molar refractivity (Wildman–Crippen MR) is 105 cm³/mol. The number of thiazole rings is 1. The van der Waals surface area contributed by atoms with E-state index in [1.807, 2.05) is 80.7 Å². The van der Waals surface area contributed by atoms with Gasteiger partial charge in [-0.2, -0.15) is 0 Å². The number of carbonyl (C=O) groups excluding carboxylic acids is 1. The molecular weight excluding hydrogens is 330 g/mol. The van der Waals surface area contributed by atoms with Crippen molar-refractivity contribution >= 4 is 34.3 Å². The minimum absolute atomic E-state index is 0.0439. The zero-order valence-corrected chi connectivity index (χ0v) is 15.4. The molecule has 0 radical (unpaired) electrons. The maximum atomic E-state index is 12.8. The van der Waals surface area contributed by atoms with Gasteiger partial charge in [0.15, 0.2) is 0 Å². The number of hydrogen-bond acceptors (Lipinski definition) is 4. The Balaban J connectivity index is 1.81. The Morgan fingerprint density at radius 1 is 1.04 bits per heavy atom. The summed E-state index contributed by atoms with van der Waals surface area (Å²) in [6.45, 7) is 5.92. The van der Waals surface area contributed by atoms with Crippen LogP contribution < -0.4 is 10.2 Å². The molecule has 4 nitrogen and oxygen atoms in total. The third-order valence-electron chi connectivity index (χ3n) is 3.78. The Hall–Kier alpha value is -2.66. The molecular formula is C20H21N3OS. The minimum atomic E-state index is -0.0666. The summed E-state index contributed by atoms with van der Waals surface area (Å²) in [4.78, 5) is 18.9. The number of hydrogen-bond donors (Lipinski definition) is 1. The number of benzene rings is 2. The number of rotatable bonds is 5. The molecule has 0 aliphatic rings. The van der Waals surface area contributed by atoms with Gasteiger partial charge in [0.1, 0.15) is 5.69 Å². The number of carbonyl (C=O) groups is 1. The highest BCUT2D eigenvalue weighted by molar-refractivity contribution is 7.09. The van der Waals surface area contributed by atoms with Crippen LogP contribution >= 0.6 is 11.3 Å². The van der Waals surface area contributed by atoms with Crippen molar-refractivity contribution in [2.45, 2.75) is 26.8 Å². The first-order valence-electron chi connectivity index (χ1n) is 8.22. The van der Waals surface area contributed by atoms with Crippen LogP contribution in [0.15, 0.2) is 60.0 Å². The third kappa shape index (κ3) is 4.06. The Morgan fingerprint density at radius 3 is 2.24 bits per heavy atom. The molecule has 0 aliphatic heterocycles. The topological polar surface area (TPSA) is 45.2 Å². The fourth-order valence-electron chi connectivity index (χ4n) is 2.63. The second kappa shape index (κ2) is 7.49. The molecule has 128 valence electrons. The lowest BCUT2D eigenvalue weighted by atomic mass is 10.2. The lowest BCUT2D eigenvalue weighted by Crippen LogP contribution is -2.37. The molecule has 0 bridgehead atoms. The summed E-state index contributed by atoms with van der Waals surface area (Å²) in [6, 6.07) is 17.9. The smallest absolute Gasteiger partial charge is 0.277 e. The average molecular weight is 351 g/mol. The maximum absolute atomic E-state index is 12.8. The van der Waals surface area contributed by atoms with Gasteiger partial charge in [-0.25, -0.2) is 4.98 Å². The van der Waals surface area contributed by atoms with Gasteiger partial charge in [0.25, 0.3) is 5.91 Å². The highest BCUT2D eigenvalue weighted by Gasteiger charge is 2.22. The molecule has 0 spiro atoms. The molecule has 0 saturated carbocycles. The van der Waals surface area contributed by atoms with E-state index in [1.165, 1.54) is 11.3 Å². The first kappa shape index (κ1) is 17.2. The van der Waals surface area contributed by atoms with Gasteiger partial charge in [0.2, 0.25) is 0 Å². The molecule has 0 atom stereocenters. The SMILES string of the molecule is Cc1nc(C(=O)N(c2ccc(Nc3ccccc3)cc2)C(C)C)cs1. The van der Waals surface area contributed by atoms with Gasteiger partial charge in [-0.3, -0.25) is 4.79 Å². The first-order valence-corrected chi connectivity index (χ1v) is 9.10. The van der Waals surface area contributed by atoms with Crippen LogP contribution in [0.2, 0.25) is 0 Å².